The Morgan fingerprint density at radius 3 is 2.55 bits per heavy atom. The number of rotatable bonds is 4. The van der Waals surface area contributed by atoms with E-state index >= 15 is 0 Å². The van der Waals surface area contributed by atoms with Gasteiger partial charge in [-0.05, 0) is 45.0 Å². The van der Waals surface area contributed by atoms with E-state index in [1.165, 1.54) is 0 Å². The molecule has 1 aromatic carbocycles. The topological polar surface area (TPSA) is 44.1 Å². The van der Waals surface area contributed by atoms with Crippen LogP contribution in [0, 0.1) is 13.8 Å². The van der Waals surface area contributed by atoms with Gasteiger partial charge in [0.1, 0.15) is 0 Å². The summed E-state index contributed by atoms with van der Waals surface area (Å²) in [6, 6.07) is 7.43. The minimum Gasteiger partial charge on any atom is -0.466 e. The lowest BCUT2D eigenvalue weighted by Gasteiger charge is -2.05. The lowest BCUT2D eigenvalue weighted by Crippen LogP contribution is -2.09. The quantitative estimate of drug-likeness (QED) is 0.813. The highest BCUT2D eigenvalue weighted by Crippen LogP contribution is 2.20. The molecule has 0 bridgehead atoms. The third kappa shape index (κ3) is 3.02. The van der Waals surface area contributed by atoms with Crippen molar-refractivity contribution in [1.29, 1.82) is 0 Å². The number of ether oxygens (including phenoxy) is 1. The first-order chi connectivity index (χ1) is 9.52. The molecule has 0 aliphatic heterocycles. The van der Waals surface area contributed by atoms with Crippen molar-refractivity contribution in [2.45, 2.75) is 27.2 Å². The summed E-state index contributed by atoms with van der Waals surface area (Å²) in [6.07, 6.45) is 0.249. The molecule has 1 heterocycles. The SMILES string of the molecule is CCOC(=O)Cc1c(C)nn(-c2ccc(Cl)cc2)c1C. The van der Waals surface area contributed by atoms with Crippen LogP contribution in [-0.4, -0.2) is 22.4 Å². The molecule has 1 aromatic heterocycles. The Kier molecular flexibility index (Phi) is 4.45. The van der Waals surface area contributed by atoms with E-state index in [0.717, 1.165) is 22.6 Å². The summed E-state index contributed by atoms with van der Waals surface area (Å²) in [7, 11) is 0. The number of aryl methyl sites for hydroxylation is 1. The Bertz CT molecular complexity index is 618. The summed E-state index contributed by atoms with van der Waals surface area (Å²) in [4.78, 5) is 11.6. The minimum absolute atomic E-state index is 0.227. The number of halogens is 1. The fourth-order valence-electron chi connectivity index (χ4n) is 2.12. The molecule has 0 saturated heterocycles. The number of aromatic nitrogens is 2. The molecule has 4 nitrogen and oxygen atoms in total. The van der Waals surface area contributed by atoms with Crippen LogP contribution in [0.3, 0.4) is 0 Å². The second-order valence-corrected chi connectivity index (χ2v) is 4.96. The van der Waals surface area contributed by atoms with Gasteiger partial charge in [0.05, 0.1) is 24.4 Å². The second kappa shape index (κ2) is 6.09. The first kappa shape index (κ1) is 14.6. The smallest absolute Gasteiger partial charge is 0.310 e. The second-order valence-electron chi connectivity index (χ2n) is 4.52. The summed E-state index contributed by atoms with van der Waals surface area (Å²) in [5.74, 6) is -0.227. The van der Waals surface area contributed by atoms with Crippen LogP contribution in [-0.2, 0) is 16.0 Å². The normalized spacial score (nSPS) is 10.6. The monoisotopic (exact) mass is 292 g/mol. The molecule has 2 rings (SSSR count). The Morgan fingerprint density at radius 1 is 1.30 bits per heavy atom. The number of nitrogens with zero attached hydrogens (tertiary/aromatic N) is 2. The molecule has 0 unspecified atom stereocenters. The van der Waals surface area contributed by atoms with Gasteiger partial charge in [-0.1, -0.05) is 11.6 Å². The Labute approximate surface area is 123 Å². The van der Waals surface area contributed by atoms with Gasteiger partial charge in [0.15, 0.2) is 0 Å². The van der Waals surface area contributed by atoms with Crippen LogP contribution in [0.2, 0.25) is 5.02 Å². The fraction of sp³-hybridized carbons (Fsp3) is 0.333. The molecule has 0 amide bonds. The summed E-state index contributed by atoms with van der Waals surface area (Å²) in [6.45, 7) is 6.04. The highest BCUT2D eigenvalue weighted by Gasteiger charge is 2.16. The van der Waals surface area contributed by atoms with Gasteiger partial charge in [0.25, 0.3) is 0 Å². The highest BCUT2D eigenvalue weighted by atomic mass is 35.5. The van der Waals surface area contributed by atoms with Crippen LogP contribution in [0.1, 0.15) is 23.9 Å². The lowest BCUT2D eigenvalue weighted by atomic mass is 10.1. The minimum atomic E-state index is -0.227. The zero-order valence-electron chi connectivity index (χ0n) is 11.8. The summed E-state index contributed by atoms with van der Waals surface area (Å²) < 4.78 is 6.81. The average molecular weight is 293 g/mol. The standard InChI is InChI=1S/C15H17ClN2O2/c1-4-20-15(19)9-14-10(2)17-18(11(14)3)13-7-5-12(16)6-8-13/h5-8H,4,9H2,1-3H3. The van der Waals surface area contributed by atoms with Crippen molar-refractivity contribution >= 4 is 17.6 Å². The maximum Gasteiger partial charge on any atom is 0.310 e. The highest BCUT2D eigenvalue weighted by molar-refractivity contribution is 6.30. The molecule has 0 aliphatic carbocycles. The molecule has 0 fully saturated rings. The van der Waals surface area contributed by atoms with Gasteiger partial charge in [-0.2, -0.15) is 5.10 Å². The van der Waals surface area contributed by atoms with Crippen LogP contribution in [0.25, 0.3) is 5.69 Å². The van der Waals surface area contributed by atoms with Crippen LogP contribution in [0.4, 0.5) is 0 Å². The number of hydrogen-bond acceptors (Lipinski definition) is 3. The molecular weight excluding hydrogens is 276 g/mol. The van der Waals surface area contributed by atoms with Gasteiger partial charge in [-0.25, -0.2) is 4.68 Å². The largest absolute Gasteiger partial charge is 0.466 e. The molecule has 0 radical (unpaired) electrons. The Morgan fingerprint density at radius 2 is 1.95 bits per heavy atom. The predicted molar refractivity (Wildman–Crippen MR) is 78.4 cm³/mol. The molecule has 0 spiro atoms. The molecule has 2 aromatic rings. The third-order valence-electron chi connectivity index (χ3n) is 3.14. The van der Waals surface area contributed by atoms with Crippen LogP contribution >= 0.6 is 11.6 Å². The van der Waals surface area contributed by atoms with Crippen molar-refractivity contribution in [2.75, 3.05) is 6.61 Å². The first-order valence-electron chi connectivity index (χ1n) is 6.49. The van der Waals surface area contributed by atoms with Gasteiger partial charge in [-0.15, -0.1) is 0 Å². The van der Waals surface area contributed by atoms with E-state index in [-0.39, 0.29) is 12.4 Å². The van der Waals surface area contributed by atoms with Gasteiger partial charge in [0.2, 0.25) is 0 Å². The third-order valence-corrected chi connectivity index (χ3v) is 3.39. The van der Waals surface area contributed by atoms with Gasteiger partial charge < -0.3 is 4.74 Å². The summed E-state index contributed by atoms with van der Waals surface area (Å²) in [5, 5.41) is 5.17. The number of carbonyl (C=O) groups is 1. The maximum absolute atomic E-state index is 11.6. The van der Waals surface area contributed by atoms with Crippen molar-refractivity contribution < 1.29 is 9.53 Å². The van der Waals surface area contributed by atoms with E-state index < -0.39 is 0 Å². The Balaban J connectivity index is 2.33. The maximum atomic E-state index is 11.6. The molecule has 0 atom stereocenters. The summed E-state index contributed by atoms with van der Waals surface area (Å²) in [5.41, 5.74) is 3.62. The van der Waals surface area contributed by atoms with Gasteiger partial charge >= 0.3 is 5.97 Å². The number of hydrogen-bond donors (Lipinski definition) is 0. The molecule has 0 aliphatic rings. The van der Waals surface area contributed by atoms with Crippen LogP contribution in [0.15, 0.2) is 24.3 Å². The van der Waals surface area contributed by atoms with Crippen molar-refractivity contribution in [3.05, 3.63) is 46.2 Å². The molecule has 5 heteroatoms. The number of esters is 1. The van der Waals surface area contributed by atoms with Crippen molar-refractivity contribution in [2.24, 2.45) is 0 Å². The summed E-state index contributed by atoms with van der Waals surface area (Å²) >= 11 is 5.89. The number of benzene rings is 1. The van der Waals surface area contributed by atoms with Crippen LogP contribution < -0.4 is 0 Å². The molecular formula is C15H17ClN2O2. The Hall–Kier alpha value is -1.81. The zero-order chi connectivity index (χ0) is 14.7. The number of carbonyl (C=O) groups excluding carboxylic acids is 1. The average Bonchev–Trinajstić information content (AvgIpc) is 2.68. The van der Waals surface area contributed by atoms with Crippen LogP contribution in [0.5, 0.6) is 0 Å². The molecule has 106 valence electrons. The lowest BCUT2D eigenvalue weighted by molar-refractivity contribution is -0.142. The van der Waals surface area contributed by atoms with Crippen molar-refractivity contribution in [3.63, 3.8) is 0 Å². The van der Waals surface area contributed by atoms with E-state index in [0.29, 0.717) is 11.6 Å². The van der Waals surface area contributed by atoms with Crippen molar-refractivity contribution in [3.8, 4) is 5.69 Å². The van der Waals surface area contributed by atoms with E-state index in [1.807, 2.05) is 42.8 Å². The first-order valence-corrected chi connectivity index (χ1v) is 6.87. The fourth-order valence-corrected chi connectivity index (χ4v) is 2.25. The van der Waals surface area contributed by atoms with E-state index in [1.54, 1.807) is 6.92 Å². The molecule has 20 heavy (non-hydrogen) atoms. The van der Waals surface area contributed by atoms with Crippen molar-refractivity contribution in [1.82, 2.24) is 9.78 Å². The van der Waals surface area contributed by atoms with E-state index in [9.17, 15) is 4.79 Å². The van der Waals surface area contributed by atoms with E-state index in [4.69, 9.17) is 16.3 Å². The predicted octanol–water partition coefficient (Wildman–Crippen LogP) is 3.25. The molecule has 0 N–H and O–H groups in total. The van der Waals surface area contributed by atoms with Gasteiger partial charge in [0, 0.05) is 16.3 Å². The van der Waals surface area contributed by atoms with E-state index in [2.05, 4.69) is 5.10 Å². The molecule has 0 saturated carbocycles. The zero-order valence-corrected chi connectivity index (χ0v) is 12.6. The van der Waals surface area contributed by atoms with Gasteiger partial charge in [-0.3, -0.25) is 4.79 Å².